The van der Waals surface area contributed by atoms with Gasteiger partial charge in [-0.1, -0.05) is 6.07 Å². The van der Waals surface area contributed by atoms with Crippen LogP contribution >= 0.6 is 0 Å². The highest BCUT2D eigenvalue weighted by molar-refractivity contribution is 7.86. The molecule has 0 saturated carbocycles. The maximum Gasteiger partial charge on any atom is 0.281 e. The first-order valence-electron chi connectivity index (χ1n) is 6.81. The number of amides is 1. The van der Waals surface area contributed by atoms with E-state index in [9.17, 15) is 13.2 Å². The van der Waals surface area contributed by atoms with Crippen molar-refractivity contribution < 1.29 is 13.2 Å². The van der Waals surface area contributed by atoms with E-state index < -0.39 is 10.2 Å². The SMILES string of the molecule is CN(C)S(=O)(=O)N1CCCN(C(=O)c2ccccn2)CC1. The molecule has 0 unspecified atom stereocenters. The smallest absolute Gasteiger partial charge is 0.281 e. The molecule has 2 heterocycles. The van der Waals surface area contributed by atoms with E-state index in [2.05, 4.69) is 4.98 Å². The van der Waals surface area contributed by atoms with E-state index in [1.807, 2.05) is 0 Å². The van der Waals surface area contributed by atoms with Crippen LogP contribution in [0.4, 0.5) is 0 Å². The van der Waals surface area contributed by atoms with Gasteiger partial charge < -0.3 is 4.90 Å². The summed E-state index contributed by atoms with van der Waals surface area (Å²) in [7, 11) is -0.402. The van der Waals surface area contributed by atoms with Crippen molar-refractivity contribution in [2.24, 2.45) is 0 Å². The van der Waals surface area contributed by atoms with Gasteiger partial charge in [0.15, 0.2) is 0 Å². The van der Waals surface area contributed by atoms with Crippen LogP contribution in [0.1, 0.15) is 16.9 Å². The molecule has 0 bridgehead atoms. The van der Waals surface area contributed by atoms with Gasteiger partial charge in [-0.05, 0) is 18.6 Å². The number of carbonyl (C=O) groups is 1. The Balaban J connectivity index is 2.06. The van der Waals surface area contributed by atoms with E-state index in [0.717, 1.165) is 0 Å². The summed E-state index contributed by atoms with van der Waals surface area (Å²) in [6, 6.07) is 5.19. The summed E-state index contributed by atoms with van der Waals surface area (Å²) in [4.78, 5) is 18.0. The molecule has 1 amide bonds. The Morgan fingerprint density at radius 1 is 1.19 bits per heavy atom. The lowest BCUT2D eigenvalue weighted by Crippen LogP contribution is -2.42. The molecular weight excluding hydrogens is 292 g/mol. The summed E-state index contributed by atoms with van der Waals surface area (Å²) in [6.45, 7) is 1.64. The number of aromatic nitrogens is 1. The first kappa shape index (κ1) is 15.9. The number of carbonyl (C=O) groups excluding carboxylic acids is 1. The van der Waals surface area contributed by atoms with Crippen molar-refractivity contribution in [2.45, 2.75) is 6.42 Å². The fourth-order valence-electron chi connectivity index (χ4n) is 2.21. The fourth-order valence-corrected chi connectivity index (χ4v) is 3.34. The Hall–Kier alpha value is -1.51. The Morgan fingerprint density at radius 2 is 1.95 bits per heavy atom. The Labute approximate surface area is 125 Å². The second-order valence-corrected chi connectivity index (χ2v) is 7.19. The minimum Gasteiger partial charge on any atom is -0.336 e. The molecule has 21 heavy (non-hydrogen) atoms. The summed E-state index contributed by atoms with van der Waals surface area (Å²) < 4.78 is 26.9. The summed E-state index contributed by atoms with van der Waals surface area (Å²) >= 11 is 0. The van der Waals surface area contributed by atoms with Crippen LogP contribution in [-0.2, 0) is 10.2 Å². The monoisotopic (exact) mass is 312 g/mol. The van der Waals surface area contributed by atoms with Gasteiger partial charge in [-0.2, -0.15) is 17.0 Å². The van der Waals surface area contributed by atoms with Crippen molar-refractivity contribution in [1.82, 2.24) is 18.5 Å². The number of pyridine rings is 1. The zero-order chi connectivity index (χ0) is 15.5. The summed E-state index contributed by atoms with van der Waals surface area (Å²) in [6.07, 6.45) is 2.19. The number of hydrogen-bond donors (Lipinski definition) is 0. The topological polar surface area (TPSA) is 73.8 Å². The normalized spacial score (nSPS) is 17.8. The molecular formula is C13H20N4O3S. The number of hydrogen-bond acceptors (Lipinski definition) is 4. The second-order valence-electron chi connectivity index (χ2n) is 5.05. The predicted molar refractivity (Wildman–Crippen MR) is 78.9 cm³/mol. The standard InChI is InChI=1S/C13H20N4O3S/c1-15(2)21(19,20)17-9-5-8-16(10-11-17)13(18)12-6-3-4-7-14-12/h3-4,6-7H,5,8-11H2,1-2H3. The zero-order valence-electron chi connectivity index (χ0n) is 12.3. The Morgan fingerprint density at radius 3 is 2.57 bits per heavy atom. The fraction of sp³-hybridized carbons (Fsp3) is 0.538. The first-order chi connectivity index (χ1) is 9.93. The van der Waals surface area contributed by atoms with Crippen molar-refractivity contribution in [3.8, 4) is 0 Å². The molecule has 1 aromatic heterocycles. The maximum absolute atomic E-state index is 12.3. The second kappa shape index (κ2) is 6.50. The molecule has 1 saturated heterocycles. The molecule has 1 aliphatic heterocycles. The highest BCUT2D eigenvalue weighted by Gasteiger charge is 2.28. The van der Waals surface area contributed by atoms with Crippen LogP contribution in [0, 0.1) is 0 Å². The van der Waals surface area contributed by atoms with Gasteiger partial charge in [0.1, 0.15) is 5.69 Å². The van der Waals surface area contributed by atoms with E-state index in [1.165, 1.54) is 22.7 Å². The van der Waals surface area contributed by atoms with Crippen LogP contribution in [-0.4, -0.2) is 73.1 Å². The molecule has 0 aliphatic carbocycles. The van der Waals surface area contributed by atoms with E-state index in [0.29, 0.717) is 38.3 Å². The summed E-state index contributed by atoms with van der Waals surface area (Å²) in [5.74, 6) is -0.153. The van der Waals surface area contributed by atoms with Gasteiger partial charge in [-0.25, -0.2) is 0 Å². The van der Waals surface area contributed by atoms with Crippen LogP contribution in [0.15, 0.2) is 24.4 Å². The minimum atomic E-state index is -3.42. The van der Waals surface area contributed by atoms with Crippen molar-refractivity contribution in [3.63, 3.8) is 0 Å². The molecule has 0 N–H and O–H groups in total. The van der Waals surface area contributed by atoms with Gasteiger partial charge in [0.05, 0.1) is 0 Å². The molecule has 0 atom stereocenters. The van der Waals surface area contributed by atoms with Crippen molar-refractivity contribution in [3.05, 3.63) is 30.1 Å². The lowest BCUT2D eigenvalue weighted by molar-refractivity contribution is 0.0758. The molecule has 1 aliphatic rings. The lowest BCUT2D eigenvalue weighted by Gasteiger charge is -2.24. The summed E-state index contributed by atoms with van der Waals surface area (Å²) in [5.41, 5.74) is 0.390. The van der Waals surface area contributed by atoms with Crippen LogP contribution in [0.3, 0.4) is 0 Å². The number of rotatable bonds is 3. The van der Waals surface area contributed by atoms with Crippen molar-refractivity contribution in [1.29, 1.82) is 0 Å². The van der Waals surface area contributed by atoms with Gasteiger partial charge in [0, 0.05) is 46.5 Å². The van der Waals surface area contributed by atoms with Gasteiger partial charge in [0.25, 0.3) is 16.1 Å². The third kappa shape index (κ3) is 3.58. The largest absolute Gasteiger partial charge is 0.336 e. The summed E-state index contributed by atoms with van der Waals surface area (Å²) in [5, 5.41) is 0. The van der Waals surface area contributed by atoms with Gasteiger partial charge in [-0.15, -0.1) is 0 Å². The predicted octanol–water partition coefficient (Wildman–Crippen LogP) is 0.0359. The Bertz CT molecular complexity index is 589. The molecule has 2 rings (SSSR count). The minimum absolute atomic E-state index is 0.153. The zero-order valence-corrected chi connectivity index (χ0v) is 13.1. The van der Waals surface area contributed by atoms with Crippen LogP contribution in [0.2, 0.25) is 0 Å². The van der Waals surface area contributed by atoms with Crippen LogP contribution in [0.25, 0.3) is 0 Å². The molecule has 8 heteroatoms. The molecule has 7 nitrogen and oxygen atoms in total. The molecule has 116 valence electrons. The highest BCUT2D eigenvalue weighted by atomic mass is 32.2. The highest BCUT2D eigenvalue weighted by Crippen LogP contribution is 2.12. The van der Waals surface area contributed by atoms with Crippen LogP contribution < -0.4 is 0 Å². The van der Waals surface area contributed by atoms with Gasteiger partial charge in [0.2, 0.25) is 0 Å². The van der Waals surface area contributed by atoms with E-state index >= 15 is 0 Å². The van der Waals surface area contributed by atoms with Gasteiger partial charge >= 0.3 is 0 Å². The van der Waals surface area contributed by atoms with Gasteiger partial charge in [-0.3, -0.25) is 9.78 Å². The third-order valence-electron chi connectivity index (χ3n) is 3.41. The van der Waals surface area contributed by atoms with Crippen molar-refractivity contribution in [2.75, 3.05) is 40.3 Å². The maximum atomic E-state index is 12.3. The lowest BCUT2D eigenvalue weighted by atomic mass is 10.3. The molecule has 1 fully saturated rings. The number of nitrogens with zero attached hydrogens (tertiary/aromatic N) is 4. The van der Waals surface area contributed by atoms with Crippen molar-refractivity contribution >= 4 is 16.1 Å². The average Bonchev–Trinajstić information content (AvgIpc) is 2.73. The van der Waals surface area contributed by atoms with E-state index in [-0.39, 0.29) is 5.91 Å². The van der Waals surface area contributed by atoms with E-state index in [1.54, 1.807) is 29.3 Å². The quantitative estimate of drug-likeness (QED) is 0.789. The first-order valence-corrected chi connectivity index (χ1v) is 8.20. The van der Waals surface area contributed by atoms with Crippen LogP contribution in [0.5, 0.6) is 0 Å². The third-order valence-corrected chi connectivity index (χ3v) is 5.35. The molecule has 0 radical (unpaired) electrons. The van der Waals surface area contributed by atoms with E-state index in [4.69, 9.17) is 0 Å². The average molecular weight is 312 g/mol. The molecule has 0 aromatic carbocycles. The molecule has 0 spiro atoms. The molecule has 1 aromatic rings. The Kier molecular flexibility index (Phi) is 4.92.